The minimum Gasteiger partial charge on any atom is -0.350 e. The fraction of sp³-hybridized carbons (Fsp3) is 1.00. The third-order valence-corrected chi connectivity index (χ3v) is 6.09. The maximum Gasteiger partial charge on any atom is 0.168 e. The molecular weight excluding hydrogens is 332 g/mol. The van der Waals surface area contributed by atoms with Crippen molar-refractivity contribution < 1.29 is 9.47 Å². The van der Waals surface area contributed by atoms with E-state index in [4.69, 9.17) is 9.47 Å². The summed E-state index contributed by atoms with van der Waals surface area (Å²) >= 11 is 0. The fourth-order valence-electron chi connectivity index (χ4n) is 4.23. The lowest BCUT2D eigenvalue weighted by atomic mass is 9.98. The second-order valence-electron chi connectivity index (χ2n) is 8.76. The summed E-state index contributed by atoms with van der Waals surface area (Å²) in [5.74, 6) is -0.249. The summed E-state index contributed by atoms with van der Waals surface area (Å²) in [6.45, 7) is 6.37. The first-order valence-electron chi connectivity index (χ1n) is 12.6. The minimum atomic E-state index is -0.249. The fourth-order valence-corrected chi connectivity index (χ4v) is 4.23. The summed E-state index contributed by atoms with van der Waals surface area (Å²) < 4.78 is 12.6. The molecular formula is C25H50O2. The lowest BCUT2D eigenvalue weighted by molar-refractivity contribution is -0.234. The molecule has 0 radical (unpaired) electrons. The Balaban J connectivity index is 2.16. The van der Waals surface area contributed by atoms with Crippen molar-refractivity contribution in [2.24, 2.45) is 0 Å². The van der Waals surface area contributed by atoms with Gasteiger partial charge in [-0.25, -0.2) is 0 Å². The highest BCUT2D eigenvalue weighted by Gasteiger charge is 2.32. The summed E-state index contributed by atoms with van der Waals surface area (Å²) in [5.41, 5.74) is 0. The van der Waals surface area contributed by atoms with Crippen molar-refractivity contribution in [3.63, 3.8) is 0 Å². The summed E-state index contributed by atoms with van der Waals surface area (Å²) in [6, 6.07) is 0. The van der Waals surface area contributed by atoms with Crippen molar-refractivity contribution in [1.29, 1.82) is 0 Å². The van der Waals surface area contributed by atoms with E-state index in [0.29, 0.717) is 0 Å². The average molecular weight is 383 g/mol. The molecule has 1 aliphatic heterocycles. The normalized spacial score (nSPS) is 17.1. The Kier molecular flexibility index (Phi) is 16.6. The van der Waals surface area contributed by atoms with Gasteiger partial charge in [0, 0.05) is 12.8 Å². The van der Waals surface area contributed by atoms with Crippen LogP contribution < -0.4 is 0 Å². The molecule has 0 aliphatic carbocycles. The monoisotopic (exact) mass is 382 g/mol. The van der Waals surface area contributed by atoms with Crippen molar-refractivity contribution in [2.75, 3.05) is 13.2 Å². The Morgan fingerprint density at radius 2 is 0.815 bits per heavy atom. The molecule has 0 amide bonds. The maximum atomic E-state index is 6.29. The van der Waals surface area contributed by atoms with Crippen LogP contribution >= 0.6 is 0 Å². The van der Waals surface area contributed by atoms with E-state index in [1.165, 1.54) is 103 Å². The number of rotatable bonds is 18. The summed E-state index contributed by atoms with van der Waals surface area (Å²) in [4.78, 5) is 0. The molecule has 2 heteroatoms. The SMILES string of the molecule is CCCCCCCCCCC1(CCCCCCCCCC)OCCCCO1. The lowest BCUT2D eigenvalue weighted by Gasteiger charge is -2.32. The van der Waals surface area contributed by atoms with Crippen molar-refractivity contribution in [3.05, 3.63) is 0 Å². The van der Waals surface area contributed by atoms with Gasteiger partial charge in [-0.15, -0.1) is 0 Å². The second kappa shape index (κ2) is 18.0. The summed E-state index contributed by atoms with van der Waals surface area (Å²) in [7, 11) is 0. The zero-order valence-electron chi connectivity index (χ0n) is 18.9. The van der Waals surface area contributed by atoms with Gasteiger partial charge in [0.1, 0.15) is 0 Å². The van der Waals surface area contributed by atoms with E-state index in [9.17, 15) is 0 Å². The Labute approximate surface area is 171 Å². The van der Waals surface area contributed by atoms with E-state index < -0.39 is 0 Å². The highest BCUT2D eigenvalue weighted by molar-refractivity contribution is 4.73. The predicted molar refractivity (Wildman–Crippen MR) is 118 cm³/mol. The van der Waals surface area contributed by atoms with Crippen LogP contribution in [0.2, 0.25) is 0 Å². The van der Waals surface area contributed by atoms with Gasteiger partial charge in [0.25, 0.3) is 0 Å². The van der Waals surface area contributed by atoms with Crippen LogP contribution in [-0.2, 0) is 9.47 Å². The first-order chi connectivity index (χ1) is 13.3. The zero-order chi connectivity index (χ0) is 19.5. The molecule has 1 aliphatic rings. The Morgan fingerprint density at radius 1 is 0.481 bits per heavy atom. The number of hydrogen-bond acceptors (Lipinski definition) is 2. The first kappa shape index (κ1) is 25.0. The van der Waals surface area contributed by atoms with Gasteiger partial charge in [0.15, 0.2) is 5.79 Å². The van der Waals surface area contributed by atoms with Gasteiger partial charge >= 0.3 is 0 Å². The van der Waals surface area contributed by atoms with Gasteiger partial charge in [-0.2, -0.15) is 0 Å². The Bertz CT molecular complexity index is 273. The van der Waals surface area contributed by atoms with Gasteiger partial charge in [0.05, 0.1) is 13.2 Å². The topological polar surface area (TPSA) is 18.5 Å². The molecule has 0 atom stereocenters. The van der Waals surface area contributed by atoms with E-state index in [1.54, 1.807) is 0 Å². The molecule has 2 nitrogen and oxygen atoms in total. The quantitative estimate of drug-likeness (QED) is 0.221. The maximum absolute atomic E-state index is 6.29. The molecule has 27 heavy (non-hydrogen) atoms. The molecule has 1 saturated heterocycles. The molecule has 1 heterocycles. The van der Waals surface area contributed by atoms with E-state index in [2.05, 4.69) is 13.8 Å². The van der Waals surface area contributed by atoms with Crippen molar-refractivity contribution in [3.8, 4) is 0 Å². The summed E-state index contributed by atoms with van der Waals surface area (Å²) in [6.07, 6.45) is 26.5. The largest absolute Gasteiger partial charge is 0.350 e. The standard InChI is InChI=1S/C25H50O2/c1-3-5-7-9-11-13-15-17-21-25(26-23-19-20-24-27-25)22-18-16-14-12-10-8-6-4-2/h3-24H2,1-2H3. The van der Waals surface area contributed by atoms with Crippen LogP contribution in [0.5, 0.6) is 0 Å². The molecule has 0 bridgehead atoms. The molecule has 0 N–H and O–H groups in total. The smallest absolute Gasteiger partial charge is 0.168 e. The molecule has 162 valence electrons. The van der Waals surface area contributed by atoms with Crippen LogP contribution in [0.4, 0.5) is 0 Å². The van der Waals surface area contributed by atoms with Crippen LogP contribution in [-0.4, -0.2) is 19.0 Å². The van der Waals surface area contributed by atoms with E-state index in [-0.39, 0.29) is 5.79 Å². The number of unbranched alkanes of at least 4 members (excludes halogenated alkanes) is 14. The molecule has 0 saturated carbocycles. The lowest BCUT2D eigenvalue weighted by Crippen LogP contribution is -2.35. The van der Waals surface area contributed by atoms with Crippen LogP contribution in [0.3, 0.4) is 0 Å². The second-order valence-corrected chi connectivity index (χ2v) is 8.76. The number of ether oxygens (including phenoxy) is 2. The highest BCUT2D eigenvalue weighted by Crippen LogP contribution is 2.31. The van der Waals surface area contributed by atoms with Gasteiger partial charge < -0.3 is 9.47 Å². The van der Waals surface area contributed by atoms with Crippen LogP contribution in [0, 0.1) is 0 Å². The third kappa shape index (κ3) is 13.7. The van der Waals surface area contributed by atoms with Gasteiger partial charge in [-0.05, 0) is 25.7 Å². The third-order valence-electron chi connectivity index (χ3n) is 6.09. The number of hydrogen-bond donors (Lipinski definition) is 0. The van der Waals surface area contributed by atoms with E-state index in [0.717, 1.165) is 38.9 Å². The molecule has 0 aromatic carbocycles. The predicted octanol–water partition coefficient (Wildman–Crippen LogP) is 8.57. The van der Waals surface area contributed by atoms with Gasteiger partial charge in [-0.3, -0.25) is 0 Å². The van der Waals surface area contributed by atoms with Crippen molar-refractivity contribution >= 4 is 0 Å². The van der Waals surface area contributed by atoms with Crippen molar-refractivity contribution in [2.45, 2.75) is 148 Å². The molecule has 1 rings (SSSR count). The Morgan fingerprint density at radius 3 is 1.19 bits per heavy atom. The van der Waals surface area contributed by atoms with Crippen molar-refractivity contribution in [1.82, 2.24) is 0 Å². The molecule has 1 fully saturated rings. The van der Waals surface area contributed by atoms with Gasteiger partial charge in [-0.1, -0.05) is 104 Å². The van der Waals surface area contributed by atoms with E-state index in [1.807, 2.05) is 0 Å². The molecule has 0 aromatic heterocycles. The zero-order valence-corrected chi connectivity index (χ0v) is 18.9. The first-order valence-corrected chi connectivity index (χ1v) is 12.6. The molecule has 0 aromatic rings. The van der Waals surface area contributed by atoms with E-state index >= 15 is 0 Å². The van der Waals surface area contributed by atoms with Gasteiger partial charge in [0.2, 0.25) is 0 Å². The summed E-state index contributed by atoms with van der Waals surface area (Å²) in [5, 5.41) is 0. The van der Waals surface area contributed by atoms with Crippen LogP contribution in [0.25, 0.3) is 0 Å². The minimum absolute atomic E-state index is 0.249. The molecule has 0 unspecified atom stereocenters. The average Bonchev–Trinajstić information content (AvgIpc) is 2.92. The van der Waals surface area contributed by atoms with Crippen LogP contribution in [0.15, 0.2) is 0 Å². The Hall–Kier alpha value is -0.0800. The van der Waals surface area contributed by atoms with Crippen LogP contribution in [0.1, 0.15) is 142 Å². The molecule has 0 spiro atoms. The highest BCUT2D eigenvalue weighted by atomic mass is 16.7.